The minimum absolute atomic E-state index is 0.0964. The van der Waals surface area contributed by atoms with Gasteiger partial charge in [-0.25, -0.2) is 4.98 Å². The molecule has 29 heavy (non-hydrogen) atoms. The lowest BCUT2D eigenvalue weighted by molar-refractivity contribution is 0.218. The number of benzene rings is 1. The first-order valence-corrected chi connectivity index (χ1v) is 12.2. The minimum atomic E-state index is 0.0964. The highest BCUT2D eigenvalue weighted by atomic mass is 32.2. The van der Waals surface area contributed by atoms with Gasteiger partial charge in [0.2, 0.25) is 0 Å². The number of para-hydroxylation sites is 1. The van der Waals surface area contributed by atoms with E-state index in [0.717, 1.165) is 45.9 Å². The van der Waals surface area contributed by atoms with Crippen LogP contribution < -0.4 is 5.56 Å². The number of aromatic nitrogens is 2. The molecule has 1 atom stereocenters. The van der Waals surface area contributed by atoms with Crippen molar-refractivity contribution in [3.05, 3.63) is 50.6 Å². The van der Waals surface area contributed by atoms with Crippen molar-refractivity contribution < 1.29 is 0 Å². The third kappa shape index (κ3) is 3.79. The molecule has 1 aliphatic rings. The Labute approximate surface area is 181 Å². The van der Waals surface area contributed by atoms with Crippen molar-refractivity contribution in [1.29, 1.82) is 0 Å². The molecule has 0 bridgehead atoms. The number of thioether (sulfide) groups is 1. The molecule has 1 aromatic carbocycles. The molecule has 3 nitrogen and oxygen atoms in total. The molecule has 1 aliphatic carbocycles. The fourth-order valence-corrected chi connectivity index (χ4v) is 6.46. The van der Waals surface area contributed by atoms with E-state index in [1.807, 2.05) is 22.8 Å². The molecule has 0 N–H and O–H groups in total. The third-order valence-electron chi connectivity index (χ3n) is 5.97. The largest absolute Gasteiger partial charge is 0.268 e. The Kier molecular flexibility index (Phi) is 5.41. The van der Waals surface area contributed by atoms with E-state index in [-0.39, 0.29) is 5.56 Å². The predicted molar refractivity (Wildman–Crippen MR) is 126 cm³/mol. The van der Waals surface area contributed by atoms with E-state index in [0.29, 0.717) is 16.6 Å². The highest BCUT2D eigenvalue weighted by Crippen LogP contribution is 2.42. The van der Waals surface area contributed by atoms with Gasteiger partial charge in [0, 0.05) is 10.1 Å². The van der Waals surface area contributed by atoms with Gasteiger partial charge in [0.15, 0.2) is 5.16 Å². The zero-order valence-corrected chi connectivity index (χ0v) is 19.8. The number of aryl methyl sites for hydroxylation is 2. The maximum atomic E-state index is 13.8. The van der Waals surface area contributed by atoms with Crippen molar-refractivity contribution in [1.82, 2.24) is 9.55 Å². The average molecular weight is 427 g/mol. The summed E-state index contributed by atoms with van der Waals surface area (Å²) in [6.45, 7) is 13.4. The second-order valence-corrected chi connectivity index (χ2v) is 12.1. The molecule has 2 heterocycles. The van der Waals surface area contributed by atoms with Crippen LogP contribution in [0.1, 0.15) is 57.0 Å². The van der Waals surface area contributed by atoms with Gasteiger partial charge in [-0.3, -0.25) is 9.36 Å². The van der Waals surface area contributed by atoms with Gasteiger partial charge in [-0.1, -0.05) is 64.6 Å². The Morgan fingerprint density at radius 3 is 2.62 bits per heavy atom. The molecule has 3 aromatic rings. The lowest BCUT2D eigenvalue weighted by Crippen LogP contribution is -2.27. The van der Waals surface area contributed by atoms with E-state index in [4.69, 9.17) is 4.98 Å². The molecule has 154 valence electrons. The molecule has 0 unspecified atom stereocenters. The topological polar surface area (TPSA) is 34.9 Å². The first-order chi connectivity index (χ1) is 13.7. The molecule has 0 radical (unpaired) electrons. The number of thiophene rings is 1. The molecule has 0 saturated carbocycles. The number of rotatable bonds is 3. The second kappa shape index (κ2) is 7.59. The molecule has 0 aliphatic heterocycles. The summed E-state index contributed by atoms with van der Waals surface area (Å²) in [7, 11) is 0. The maximum absolute atomic E-state index is 13.8. The van der Waals surface area contributed by atoms with Crippen LogP contribution >= 0.6 is 23.1 Å². The minimum Gasteiger partial charge on any atom is -0.268 e. The van der Waals surface area contributed by atoms with E-state index in [9.17, 15) is 4.79 Å². The van der Waals surface area contributed by atoms with Gasteiger partial charge in [-0.15, -0.1) is 11.3 Å². The number of hydrogen-bond acceptors (Lipinski definition) is 4. The van der Waals surface area contributed by atoms with Crippen LogP contribution in [-0.2, 0) is 12.8 Å². The Balaban J connectivity index is 1.95. The van der Waals surface area contributed by atoms with Crippen molar-refractivity contribution in [3.8, 4) is 5.69 Å². The standard InChI is InChI=1S/C24H30N2OS2/c1-14(2)28-23-25-21-20(22(27)26(23)18-10-8-7-9-15(18)3)17-12-11-16(24(4,5)6)13-19(17)29-21/h7-10,14,16H,11-13H2,1-6H3/t16-/m1/s1. The Morgan fingerprint density at radius 2 is 1.97 bits per heavy atom. The Hall–Kier alpha value is -1.59. The van der Waals surface area contributed by atoms with E-state index in [2.05, 4.69) is 47.6 Å². The SMILES string of the molecule is Cc1ccccc1-n1c(SC(C)C)nc2sc3c(c2c1=O)CC[C@@H](C(C)(C)C)C3. The summed E-state index contributed by atoms with van der Waals surface area (Å²) in [5, 5.41) is 2.01. The summed E-state index contributed by atoms with van der Waals surface area (Å²) in [5.41, 5.74) is 3.68. The average Bonchev–Trinajstić information content (AvgIpc) is 2.99. The predicted octanol–water partition coefficient (Wildman–Crippen LogP) is 6.41. The van der Waals surface area contributed by atoms with Crippen LogP contribution in [0.2, 0.25) is 0 Å². The zero-order valence-electron chi connectivity index (χ0n) is 18.2. The van der Waals surface area contributed by atoms with Crippen LogP contribution in [0.15, 0.2) is 34.2 Å². The molecule has 4 rings (SSSR count). The molecular formula is C24H30N2OS2. The molecular weight excluding hydrogens is 396 g/mol. The molecule has 0 saturated heterocycles. The van der Waals surface area contributed by atoms with Crippen molar-refractivity contribution in [2.75, 3.05) is 0 Å². The molecule has 0 fully saturated rings. The van der Waals surface area contributed by atoms with Gasteiger partial charge in [-0.05, 0) is 54.7 Å². The molecule has 0 spiro atoms. The monoisotopic (exact) mass is 426 g/mol. The summed E-state index contributed by atoms with van der Waals surface area (Å²) < 4.78 is 1.85. The first-order valence-electron chi connectivity index (χ1n) is 10.5. The Morgan fingerprint density at radius 1 is 1.24 bits per heavy atom. The molecule has 0 amide bonds. The van der Waals surface area contributed by atoms with E-state index in [1.165, 1.54) is 10.4 Å². The lowest BCUT2D eigenvalue weighted by Gasteiger charge is -2.33. The van der Waals surface area contributed by atoms with Crippen LogP contribution in [0, 0.1) is 18.3 Å². The van der Waals surface area contributed by atoms with E-state index in [1.54, 1.807) is 23.1 Å². The summed E-state index contributed by atoms with van der Waals surface area (Å²) in [4.78, 5) is 21.1. The maximum Gasteiger partial charge on any atom is 0.267 e. The summed E-state index contributed by atoms with van der Waals surface area (Å²) in [5.74, 6) is 0.658. The van der Waals surface area contributed by atoms with Crippen LogP contribution in [0.4, 0.5) is 0 Å². The summed E-state index contributed by atoms with van der Waals surface area (Å²) in [6.07, 6.45) is 3.20. The molecule has 5 heteroatoms. The fraction of sp³-hybridized carbons (Fsp3) is 0.500. The van der Waals surface area contributed by atoms with E-state index >= 15 is 0 Å². The van der Waals surface area contributed by atoms with Gasteiger partial charge in [0.05, 0.1) is 11.1 Å². The fourth-order valence-electron chi connectivity index (χ4n) is 4.26. The highest BCUT2D eigenvalue weighted by Gasteiger charge is 2.32. The van der Waals surface area contributed by atoms with Crippen LogP contribution in [0.5, 0.6) is 0 Å². The van der Waals surface area contributed by atoms with Gasteiger partial charge >= 0.3 is 0 Å². The van der Waals surface area contributed by atoms with Crippen LogP contribution in [-0.4, -0.2) is 14.8 Å². The third-order valence-corrected chi connectivity index (χ3v) is 8.08. The van der Waals surface area contributed by atoms with Crippen molar-refractivity contribution in [3.63, 3.8) is 0 Å². The summed E-state index contributed by atoms with van der Waals surface area (Å²) >= 11 is 3.41. The summed E-state index contributed by atoms with van der Waals surface area (Å²) in [6, 6.07) is 8.11. The van der Waals surface area contributed by atoms with E-state index < -0.39 is 0 Å². The normalized spacial score (nSPS) is 17.1. The second-order valence-electron chi connectivity index (χ2n) is 9.48. The van der Waals surface area contributed by atoms with Crippen molar-refractivity contribution in [2.45, 2.75) is 71.2 Å². The Bertz CT molecular complexity index is 1120. The highest BCUT2D eigenvalue weighted by molar-refractivity contribution is 7.99. The molecule has 2 aromatic heterocycles. The number of nitrogens with zero attached hydrogens (tertiary/aromatic N) is 2. The lowest BCUT2D eigenvalue weighted by atomic mass is 9.72. The zero-order chi connectivity index (χ0) is 20.9. The first kappa shape index (κ1) is 20.7. The number of hydrogen-bond donors (Lipinski definition) is 0. The van der Waals surface area contributed by atoms with Crippen LogP contribution in [0.25, 0.3) is 15.9 Å². The van der Waals surface area contributed by atoms with Gasteiger partial charge < -0.3 is 0 Å². The van der Waals surface area contributed by atoms with Crippen molar-refractivity contribution >= 4 is 33.3 Å². The van der Waals surface area contributed by atoms with Gasteiger partial charge in [0.25, 0.3) is 5.56 Å². The smallest absolute Gasteiger partial charge is 0.267 e. The van der Waals surface area contributed by atoms with Gasteiger partial charge in [0.1, 0.15) is 4.83 Å². The number of fused-ring (bicyclic) bond motifs is 3. The van der Waals surface area contributed by atoms with Crippen molar-refractivity contribution in [2.24, 2.45) is 11.3 Å². The van der Waals surface area contributed by atoms with Gasteiger partial charge in [-0.2, -0.15) is 0 Å². The quantitative estimate of drug-likeness (QED) is 0.359. The van der Waals surface area contributed by atoms with Crippen LogP contribution in [0.3, 0.4) is 0 Å².